The van der Waals surface area contributed by atoms with E-state index in [9.17, 15) is 4.79 Å². The fourth-order valence-corrected chi connectivity index (χ4v) is 5.55. The standard InChI is InChI=1S/C17H30N2O/c1-10(2)4-15(18)17(20)19(3)16-13-6-11-5-12(8-13)9-14(16)7-11/h10-16H,4-9,18H2,1-3H3. The summed E-state index contributed by atoms with van der Waals surface area (Å²) in [4.78, 5) is 14.6. The van der Waals surface area contributed by atoms with Crippen molar-refractivity contribution in [2.24, 2.45) is 35.3 Å². The number of hydrogen-bond donors (Lipinski definition) is 1. The topological polar surface area (TPSA) is 46.3 Å². The largest absolute Gasteiger partial charge is 0.341 e. The Hall–Kier alpha value is -0.570. The van der Waals surface area contributed by atoms with Crippen molar-refractivity contribution >= 4 is 5.91 Å². The highest BCUT2D eigenvalue weighted by atomic mass is 16.2. The highest BCUT2D eigenvalue weighted by molar-refractivity contribution is 5.81. The van der Waals surface area contributed by atoms with E-state index < -0.39 is 0 Å². The molecule has 1 amide bonds. The van der Waals surface area contributed by atoms with Crippen LogP contribution in [-0.4, -0.2) is 29.9 Å². The molecule has 0 aliphatic heterocycles. The van der Waals surface area contributed by atoms with Crippen LogP contribution in [0.5, 0.6) is 0 Å². The molecule has 0 aromatic carbocycles. The Bertz CT molecular complexity index is 351. The molecule has 2 N–H and O–H groups in total. The summed E-state index contributed by atoms with van der Waals surface area (Å²) in [6.45, 7) is 4.27. The smallest absolute Gasteiger partial charge is 0.239 e. The first-order chi connectivity index (χ1) is 9.45. The van der Waals surface area contributed by atoms with Crippen LogP contribution in [0, 0.1) is 29.6 Å². The summed E-state index contributed by atoms with van der Waals surface area (Å²) in [7, 11) is 2.01. The van der Waals surface area contributed by atoms with Gasteiger partial charge in [-0.1, -0.05) is 13.8 Å². The molecule has 20 heavy (non-hydrogen) atoms. The van der Waals surface area contributed by atoms with E-state index in [2.05, 4.69) is 13.8 Å². The first kappa shape index (κ1) is 14.4. The van der Waals surface area contributed by atoms with Crippen LogP contribution in [0.3, 0.4) is 0 Å². The molecule has 0 aromatic rings. The van der Waals surface area contributed by atoms with Gasteiger partial charge in [-0.05, 0) is 68.1 Å². The molecule has 3 nitrogen and oxygen atoms in total. The molecule has 4 aliphatic carbocycles. The van der Waals surface area contributed by atoms with Gasteiger partial charge in [-0.25, -0.2) is 0 Å². The Morgan fingerprint density at radius 2 is 1.60 bits per heavy atom. The monoisotopic (exact) mass is 278 g/mol. The predicted octanol–water partition coefficient (Wildman–Crippen LogP) is 2.64. The van der Waals surface area contributed by atoms with Crippen LogP contribution in [-0.2, 0) is 4.79 Å². The van der Waals surface area contributed by atoms with E-state index in [1.165, 1.54) is 32.1 Å². The molecule has 1 atom stereocenters. The van der Waals surface area contributed by atoms with Crippen LogP contribution in [0.4, 0.5) is 0 Å². The summed E-state index contributed by atoms with van der Waals surface area (Å²) >= 11 is 0. The number of amides is 1. The maximum absolute atomic E-state index is 12.6. The van der Waals surface area contributed by atoms with Gasteiger partial charge in [-0.2, -0.15) is 0 Å². The summed E-state index contributed by atoms with van der Waals surface area (Å²) in [6.07, 6.45) is 7.69. The molecule has 4 aliphatic rings. The van der Waals surface area contributed by atoms with Gasteiger partial charge in [-0.3, -0.25) is 4.79 Å². The minimum atomic E-state index is -0.308. The Morgan fingerprint density at radius 1 is 1.10 bits per heavy atom. The van der Waals surface area contributed by atoms with E-state index in [-0.39, 0.29) is 11.9 Å². The first-order valence-electron chi connectivity index (χ1n) is 8.48. The van der Waals surface area contributed by atoms with Crippen molar-refractivity contribution in [3.63, 3.8) is 0 Å². The first-order valence-corrected chi connectivity index (χ1v) is 8.48. The summed E-state index contributed by atoms with van der Waals surface area (Å²) in [5.41, 5.74) is 6.12. The molecule has 4 fully saturated rings. The fourth-order valence-electron chi connectivity index (χ4n) is 5.55. The van der Waals surface area contributed by atoms with Crippen molar-refractivity contribution in [3.05, 3.63) is 0 Å². The molecular weight excluding hydrogens is 248 g/mol. The van der Waals surface area contributed by atoms with Gasteiger partial charge in [0.25, 0.3) is 0 Å². The molecule has 0 spiro atoms. The third-order valence-electron chi connectivity index (χ3n) is 6.01. The summed E-state index contributed by atoms with van der Waals surface area (Å²) in [6, 6.07) is 0.172. The zero-order valence-corrected chi connectivity index (χ0v) is 13.2. The van der Waals surface area contributed by atoms with Gasteiger partial charge in [0.1, 0.15) is 0 Å². The minimum absolute atomic E-state index is 0.177. The second kappa shape index (κ2) is 5.32. The van der Waals surface area contributed by atoms with Gasteiger partial charge in [0, 0.05) is 13.1 Å². The van der Waals surface area contributed by atoms with Gasteiger partial charge in [0.2, 0.25) is 5.91 Å². The SMILES string of the molecule is CC(C)CC(N)C(=O)N(C)C1C2CC3CC(C2)CC1C3. The van der Waals surface area contributed by atoms with Crippen LogP contribution < -0.4 is 5.73 Å². The van der Waals surface area contributed by atoms with Crippen LogP contribution in [0.2, 0.25) is 0 Å². The van der Waals surface area contributed by atoms with E-state index in [4.69, 9.17) is 5.73 Å². The average molecular weight is 278 g/mol. The number of nitrogens with two attached hydrogens (primary N) is 1. The average Bonchev–Trinajstić information content (AvgIpc) is 2.35. The molecule has 0 saturated heterocycles. The third-order valence-corrected chi connectivity index (χ3v) is 6.01. The Kier molecular flexibility index (Phi) is 3.83. The van der Waals surface area contributed by atoms with Crippen molar-refractivity contribution < 1.29 is 4.79 Å². The highest BCUT2D eigenvalue weighted by Gasteiger charge is 2.50. The van der Waals surface area contributed by atoms with Crippen molar-refractivity contribution in [1.82, 2.24) is 4.90 Å². The quantitative estimate of drug-likeness (QED) is 0.859. The second-order valence-corrected chi connectivity index (χ2v) is 8.11. The molecular formula is C17H30N2O. The summed E-state index contributed by atoms with van der Waals surface area (Å²) < 4.78 is 0. The maximum atomic E-state index is 12.6. The van der Waals surface area contributed by atoms with Crippen molar-refractivity contribution in [2.45, 2.75) is 64.5 Å². The zero-order chi connectivity index (χ0) is 14.4. The summed E-state index contributed by atoms with van der Waals surface area (Å²) in [5, 5.41) is 0. The lowest BCUT2D eigenvalue weighted by Crippen LogP contribution is -2.58. The lowest BCUT2D eigenvalue weighted by molar-refractivity contribution is -0.142. The number of likely N-dealkylation sites (N-methyl/N-ethyl adjacent to an activating group) is 1. The number of rotatable bonds is 4. The van der Waals surface area contributed by atoms with Crippen LogP contribution >= 0.6 is 0 Å². The van der Waals surface area contributed by atoms with Crippen LogP contribution in [0.15, 0.2) is 0 Å². The number of hydrogen-bond acceptors (Lipinski definition) is 2. The van der Waals surface area contributed by atoms with E-state index in [1.807, 2.05) is 11.9 Å². The van der Waals surface area contributed by atoms with Gasteiger partial charge in [-0.15, -0.1) is 0 Å². The molecule has 0 radical (unpaired) electrons. The molecule has 1 unspecified atom stereocenters. The van der Waals surface area contributed by atoms with Crippen LogP contribution in [0.1, 0.15) is 52.4 Å². The summed E-state index contributed by atoms with van der Waals surface area (Å²) in [5.74, 6) is 4.10. The molecule has 4 saturated carbocycles. The van der Waals surface area contributed by atoms with E-state index in [0.29, 0.717) is 12.0 Å². The van der Waals surface area contributed by atoms with E-state index >= 15 is 0 Å². The van der Waals surface area contributed by atoms with E-state index in [0.717, 1.165) is 30.1 Å². The molecule has 0 heterocycles. The normalized spacial score (nSPS) is 40.1. The third kappa shape index (κ3) is 2.49. The number of carbonyl (C=O) groups is 1. The predicted molar refractivity (Wildman–Crippen MR) is 81.0 cm³/mol. The lowest BCUT2D eigenvalue weighted by Gasteiger charge is -2.56. The Labute approximate surface area is 123 Å². The van der Waals surface area contributed by atoms with Crippen molar-refractivity contribution in [2.75, 3.05) is 7.05 Å². The maximum Gasteiger partial charge on any atom is 0.239 e. The molecule has 4 rings (SSSR count). The van der Waals surface area contributed by atoms with Gasteiger partial charge >= 0.3 is 0 Å². The van der Waals surface area contributed by atoms with Gasteiger partial charge in [0.15, 0.2) is 0 Å². The molecule has 3 heteroatoms. The van der Waals surface area contributed by atoms with Crippen molar-refractivity contribution in [3.8, 4) is 0 Å². The van der Waals surface area contributed by atoms with E-state index in [1.54, 1.807) is 0 Å². The zero-order valence-electron chi connectivity index (χ0n) is 13.2. The lowest BCUT2D eigenvalue weighted by atomic mass is 9.54. The Morgan fingerprint density at radius 3 is 2.05 bits per heavy atom. The van der Waals surface area contributed by atoms with Crippen LogP contribution in [0.25, 0.3) is 0 Å². The fraction of sp³-hybridized carbons (Fsp3) is 0.941. The Balaban J connectivity index is 1.68. The number of carbonyl (C=O) groups excluding carboxylic acids is 1. The molecule has 4 bridgehead atoms. The van der Waals surface area contributed by atoms with Gasteiger partial charge < -0.3 is 10.6 Å². The minimum Gasteiger partial charge on any atom is -0.341 e. The molecule has 0 aromatic heterocycles. The highest BCUT2D eigenvalue weighted by Crippen LogP contribution is 2.54. The van der Waals surface area contributed by atoms with Crippen molar-refractivity contribution in [1.29, 1.82) is 0 Å². The second-order valence-electron chi connectivity index (χ2n) is 8.11. The molecule has 114 valence electrons. The number of nitrogens with zero attached hydrogens (tertiary/aromatic N) is 1. The van der Waals surface area contributed by atoms with Gasteiger partial charge in [0.05, 0.1) is 6.04 Å².